The van der Waals surface area contributed by atoms with Gasteiger partial charge in [-0.05, 0) is 36.6 Å². The molecule has 0 bridgehead atoms. The fraction of sp³-hybridized carbons (Fsp3) is 0.375. The van der Waals surface area contributed by atoms with E-state index in [2.05, 4.69) is 10.2 Å². The van der Waals surface area contributed by atoms with Crippen LogP contribution in [0.5, 0.6) is 0 Å². The molecule has 1 unspecified atom stereocenters. The monoisotopic (exact) mass is 438 g/mol. The average molecular weight is 439 g/mol. The van der Waals surface area contributed by atoms with Crippen LogP contribution in [0, 0.1) is 5.82 Å². The van der Waals surface area contributed by atoms with Gasteiger partial charge in [-0.1, -0.05) is 42.5 Å². The fourth-order valence-electron chi connectivity index (χ4n) is 4.27. The molecule has 4 rings (SSSR count). The van der Waals surface area contributed by atoms with Gasteiger partial charge < -0.3 is 10.2 Å². The highest BCUT2D eigenvalue weighted by atomic mass is 19.1. The summed E-state index contributed by atoms with van der Waals surface area (Å²) < 4.78 is 13.1. The first-order valence-corrected chi connectivity index (χ1v) is 10.8. The number of nitrogens with one attached hydrogen (secondary N) is 1. The molecule has 8 heteroatoms. The second-order valence-corrected chi connectivity index (χ2v) is 8.45. The van der Waals surface area contributed by atoms with E-state index in [1.54, 1.807) is 36.1 Å². The van der Waals surface area contributed by atoms with Crippen LogP contribution >= 0.6 is 0 Å². The highest BCUT2D eigenvalue weighted by Crippen LogP contribution is 2.28. The van der Waals surface area contributed by atoms with Crippen molar-refractivity contribution in [1.82, 2.24) is 20.0 Å². The molecule has 168 valence electrons. The molecule has 2 aromatic rings. The number of benzene rings is 2. The predicted molar refractivity (Wildman–Crippen MR) is 117 cm³/mol. The second-order valence-electron chi connectivity index (χ2n) is 8.45. The van der Waals surface area contributed by atoms with Gasteiger partial charge in [0.2, 0.25) is 5.91 Å². The van der Waals surface area contributed by atoms with E-state index in [1.165, 1.54) is 12.1 Å². The Bertz CT molecular complexity index is 998. The number of halogens is 1. The van der Waals surface area contributed by atoms with Crippen LogP contribution in [-0.4, -0.2) is 65.3 Å². The highest BCUT2D eigenvalue weighted by molar-refractivity contribution is 6.09. The van der Waals surface area contributed by atoms with E-state index in [-0.39, 0.29) is 18.3 Å². The number of carbonyl (C=O) groups is 3. The Morgan fingerprint density at radius 2 is 1.72 bits per heavy atom. The van der Waals surface area contributed by atoms with Gasteiger partial charge in [-0.25, -0.2) is 9.18 Å². The molecule has 32 heavy (non-hydrogen) atoms. The number of hydrogen-bond acceptors (Lipinski definition) is 4. The van der Waals surface area contributed by atoms with Crippen LogP contribution < -0.4 is 5.32 Å². The van der Waals surface area contributed by atoms with Gasteiger partial charge in [0.15, 0.2) is 0 Å². The van der Waals surface area contributed by atoms with Crippen molar-refractivity contribution in [2.45, 2.75) is 25.4 Å². The lowest BCUT2D eigenvalue weighted by Gasteiger charge is -2.25. The quantitative estimate of drug-likeness (QED) is 0.728. The highest BCUT2D eigenvalue weighted by Gasteiger charge is 2.49. The van der Waals surface area contributed by atoms with Gasteiger partial charge in [-0.2, -0.15) is 0 Å². The van der Waals surface area contributed by atoms with Crippen LogP contribution in [0.3, 0.4) is 0 Å². The van der Waals surface area contributed by atoms with E-state index in [0.717, 1.165) is 23.4 Å². The molecule has 7 nitrogen and oxygen atoms in total. The van der Waals surface area contributed by atoms with Crippen molar-refractivity contribution in [3.8, 4) is 0 Å². The third-order valence-electron chi connectivity index (χ3n) is 6.18. The third-order valence-corrected chi connectivity index (χ3v) is 6.18. The van der Waals surface area contributed by atoms with Gasteiger partial charge in [0, 0.05) is 32.7 Å². The summed E-state index contributed by atoms with van der Waals surface area (Å²) in [5.74, 6) is -0.922. The topological polar surface area (TPSA) is 73.0 Å². The molecular formula is C24H27FN4O3. The minimum atomic E-state index is -1.18. The largest absolute Gasteiger partial charge is 0.340 e. The van der Waals surface area contributed by atoms with E-state index < -0.39 is 17.5 Å². The first-order valence-electron chi connectivity index (χ1n) is 10.8. The minimum Gasteiger partial charge on any atom is -0.340 e. The maximum Gasteiger partial charge on any atom is 0.325 e. The number of carbonyl (C=O) groups excluding carboxylic acids is 3. The van der Waals surface area contributed by atoms with Gasteiger partial charge in [0.05, 0.1) is 0 Å². The van der Waals surface area contributed by atoms with Crippen molar-refractivity contribution in [1.29, 1.82) is 0 Å². The summed E-state index contributed by atoms with van der Waals surface area (Å²) in [4.78, 5) is 43.5. The Kier molecular flexibility index (Phi) is 6.23. The summed E-state index contributed by atoms with van der Waals surface area (Å²) in [6.45, 7) is 4.64. The number of amides is 4. The maximum atomic E-state index is 13.1. The lowest BCUT2D eigenvalue weighted by Crippen LogP contribution is -2.45. The minimum absolute atomic E-state index is 0.241. The number of imide groups is 1. The van der Waals surface area contributed by atoms with Gasteiger partial charge in [0.25, 0.3) is 5.91 Å². The number of rotatable bonds is 5. The van der Waals surface area contributed by atoms with Crippen molar-refractivity contribution < 1.29 is 18.8 Å². The Morgan fingerprint density at radius 1 is 1.00 bits per heavy atom. The Balaban J connectivity index is 1.36. The molecule has 0 radical (unpaired) electrons. The van der Waals surface area contributed by atoms with E-state index >= 15 is 0 Å². The normalized spacial score (nSPS) is 22.1. The Hall–Kier alpha value is -3.26. The molecule has 4 amide bonds. The first-order chi connectivity index (χ1) is 15.4. The van der Waals surface area contributed by atoms with Crippen molar-refractivity contribution in [2.24, 2.45) is 0 Å². The molecule has 2 aliphatic heterocycles. The first kappa shape index (κ1) is 22.0. The van der Waals surface area contributed by atoms with Crippen LogP contribution in [0.1, 0.15) is 24.5 Å². The van der Waals surface area contributed by atoms with Crippen LogP contribution in [-0.2, 0) is 21.7 Å². The zero-order chi connectivity index (χ0) is 22.7. The molecule has 0 aliphatic carbocycles. The van der Waals surface area contributed by atoms with Gasteiger partial charge in [-0.15, -0.1) is 0 Å². The molecule has 2 aliphatic rings. The van der Waals surface area contributed by atoms with Crippen LogP contribution in [0.2, 0.25) is 0 Å². The Labute approximate surface area is 186 Å². The molecule has 0 saturated carbocycles. The van der Waals surface area contributed by atoms with Crippen molar-refractivity contribution in [3.63, 3.8) is 0 Å². The average Bonchev–Trinajstić information content (AvgIpc) is 2.95. The smallest absolute Gasteiger partial charge is 0.325 e. The van der Waals surface area contributed by atoms with Crippen molar-refractivity contribution in [3.05, 3.63) is 71.5 Å². The van der Waals surface area contributed by atoms with E-state index in [9.17, 15) is 18.8 Å². The lowest BCUT2D eigenvalue weighted by atomic mass is 9.92. The molecule has 2 fully saturated rings. The third kappa shape index (κ3) is 4.50. The summed E-state index contributed by atoms with van der Waals surface area (Å²) >= 11 is 0. The SMILES string of the molecule is CC1(c2ccccc2)NC(=O)N(CC(=O)N2CCCN(Cc3ccc(F)cc3)CC2)C1=O. The lowest BCUT2D eigenvalue weighted by molar-refractivity contribution is -0.138. The summed E-state index contributed by atoms with van der Waals surface area (Å²) in [7, 11) is 0. The molecule has 2 aromatic carbocycles. The molecule has 2 heterocycles. The zero-order valence-corrected chi connectivity index (χ0v) is 18.1. The van der Waals surface area contributed by atoms with Crippen LogP contribution in [0.25, 0.3) is 0 Å². The second kappa shape index (κ2) is 9.08. The van der Waals surface area contributed by atoms with Crippen molar-refractivity contribution >= 4 is 17.8 Å². The molecule has 2 saturated heterocycles. The maximum absolute atomic E-state index is 13.1. The van der Waals surface area contributed by atoms with Gasteiger partial charge in [-0.3, -0.25) is 19.4 Å². The number of urea groups is 1. The zero-order valence-electron chi connectivity index (χ0n) is 18.1. The van der Waals surface area contributed by atoms with Gasteiger partial charge >= 0.3 is 6.03 Å². The summed E-state index contributed by atoms with van der Waals surface area (Å²) in [5.41, 5.74) is 0.522. The Morgan fingerprint density at radius 3 is 2.44 bits per heavy atom. The predicted octanol–water partition coefficient (Wildman–Crippen LogP) is 2.33. The van der Waals surface area contributed by atoms with Crippen molar-refractivity contribution in [2.75, 3.05) is 32.7 Å². The van der Waals surface area contributed by atoms with E-state index in [0.29, 0.717) is 31.7 Å². The molecule has 1 N–H and O–H groups in total. The summed E-state index contributed by atoms with van der Waals surface area (Å²) in [5, 5.41) is 2.74. The van der Waals surface area contributed by atoms with E-state index in [4.69, 9.17) is 0 Å². The van der Waals surface area contributed by atoms with Crippen LogP contribution in [0.15, 0.2) is 54.6 Å². The number of hydrogen-bond donors (Lipinski definition) is 1. The van der Waals surface area contributed by atoms with Gasteiger partial charge in [0.1, 0.15) is 17.9 Å². The fourth-order valence-corrected chi connectivity index (χ4v) is 4.27. The number of nitrogens with zero attached hydrogens (tertiary/aromatic N) is 3. The van der Waals surface area contributed by atoms with E-state index in [1.807, 2.05) is 18.2 Å². The standard InChI is InChI=1S/C24H27FN4O3/c1-24(19-6-3-2-4-7-19)22(31)29(23(32)26-24)17-21(30)28-13-5-12-27(14-15-28)16-18-8-10-20(25)11-9-18/h2-4,6-11H,5,12-17H2,1H3,(H,26,32). The summed E-state index contributed by atoms with van der Waals surface area (Å²) in [6, 6.07) is 14.9. The molecule has 1 atom stereocenters. The summed E-state index contributed by atoms with van der Waals surface area (Å²) in [6.07, 6.45) is 0.787. The van der Waals surface area contributed by atoms with Crippen LogP contribution in [0.4, 0.5) is 9.18 Å². The molecule has 0 aromatic heterocycles. The molecule has 0 spiro atoms. The molecular weight excluding hydrogens is 411 g/mol.